The molecule has 0 bridgehead atoms. The summed E-state index contributed by atoms with van der Waals surface area (Å²) in [5.41, 5.74) is 1.62. The van der Waals surface area contributed by atoms with Crippen molar-refractivity contribution in [3.63, 3.8) is 0 Å². The molecule has 0 saturated carbocycles. The van der Waals surface area contributed by atoms with Crippen molar-refractivity contribution in [2.45, 2.75) is 0 Å². The second-order valence-electron chi connectivity index (χ2n) is 5.14. The smallest absolute Gasteiger partial charge is 0.326 e. The Morgan fingerprint density at radius 3 is 2.58 bits per heavy atom. The summed E-state index contributed by atoms with van der Waals surface area (Å²) in [5.74, 6) is 2.70. The van der Waals surface area contributed by atoms with Gasteiger partial charge in [0.2, 0.25) is 5.82 Å². The molecule has 0 aliphatic carbocycles. The fourth-order valence-corrected chi connectivity index (χ4v) is 2.38. The lowest BCUT2D eigenvalue weighted by atomic mass is 10.2. The highest BCUT2D eigenvalue weighted by molar-refractivity contribution is 5.61. The van der Waals surface area contributed by atoms with Gasteiger partial charge in [0, 0.05) is 17.3 Å². The molecule has 0 saturated heterocycles. The van der Waals surface area contributed by atoms with Gasteiger partial charge in [-0.2, -0.15) is 4.98 Å². The van der Waals surface area contributed by atoms with Crippen molar-refractivity contribution in [2.24, 2.45) is 0 Å². The van der Waals surface area contributed by atoms with E-state index in [0.29, 0.717) is 30.8 Å². The Balaban J connectivity index is 1.52. The molecule has 122 valence electrons. The van der Waals surface area contributed by atoms with Crippen molar-refractivity contribution in [2.75, 3.05) is 25.6 Å². The Morgan fingerprint density at radius 1 is 1.00 bits per heavy atom. The van der Waals surface area contributed by atoms with Crippen LogP contribution in [0.3, 0.4) is 0 Å². The molecular weight excluding hydrogens is 310 g/mol. The van der Waals surface area contributed by atoms with Gasteiger partial charge in [0.15, 0.2) is 11.5 Å². The molecule has 1 aliphatic heterocycles. The van der Waals surface area contributed by atoms with Crippen LogP contribution in [0.2, 0.25) is 0 Å². The Kier molecular flexibility index (Phi) is 3.66. The van der Waals surface area contributed by atoms with Gasteiger partial charge in [0.05, 0.1) is 7.11 Å². The minimum Gasteiger partial charge on any atom is -0.497 e. The molecule has 0 fully saturated rings. The van der Waals surface area contributed by atoms with E-state index in [-0.39, 0.29) is 0 Å². The molecule has 0 spiro atoms. The Hall–Kier alpha value is -3.22. The molecule has 2 aromatic carbocycles. The summed E-state index contributed by atoms with van der Waals surface area (Å²) in [7, 11) is 1.62. The fraction of sp³-hybridized carbons (Fsp3) is 0.176. The van der Waals surface area contributed by atoms with Crippen molar-refractivity contribution in [1.29, 1.82) is 0 Å². The average molecular weight is 325 g/mol. The molecule has 3 aromatic rings. The predicted molar refractivity (Wildman–Crippen MR) is 87.0 cm³/mol. The second-order valence-corrected chi connectivity index (χ2v) is 5.14. The van der Waals surface area contributed by atoms with Crippen molar-refractivity contribution >= 4 is 11.7 Å². The predicted octanol–water partition coefficient (Wildman–Crippen LogP) is 3.26. The van der Waals surface area contributed by atoms with E-state index in [2.05, 4.69) is 15.5 Å². The van der Waals surface area contributed by atoms with Crippen LogP contribution in [0.4, 0.5) is 11.7 Å². The number of hydrogen-bond acceptors (Lipinski definition) is 7. The third-order valence-corrected chi connectivity index (χ3v) is 3.57. The number of fused-ring (bicyclic) bond motifs is 1. The van der Waals surface area contributed by atoms with E-state index in [1.54, 1.807) is 7.11 Å². The molecule has 0 atom stereocenters. The Labute approximate surface area is 138 Å². The van der Waals surface area contributed by atoms with Gasteiger partial charge in [-0.25, -0.2) is 0 Å². The highest BCUT2D eigenvalue weighted by Crippen LogP contribution is 2.33. The van der Waals surface area contributed by atoms with Crippen LogP contribution in [0, 0.1) is 0 Å². The fourth-order valence-electron chi connectivity index (χ4n) is 2.38. The first-order chi connectivity index (χ1) is 11.8. The van der Waals surface area contributed by atoms with Crippen LogP contribution >= 0.6 is 0 Å². The molecule has 7 heteroatoms. The molecule has 2 heterocycles. The summed E-state index contributed by atoms with van der Waals surface area (Å²) in [6.07, 6.45) is 0. The van der Waals surface area contributed by atoms with Crippen LogP contribution in [-0.4, -0.2) is 30.5 Å². The maximum Gasteiger partial charge on any atom is 0.326 e. The zero-order valence-electron chi connectivity index (χ0n) is 13.0. The van der Waals surface area contributed by atoms with Gasteiger partial charge < -0.3 is 24.1 Å². The van der Waals surface area contributed by atoms with Gasteiger partial charge in [-0.3, -0.25) is 0 Å². The Bertz CT molecular complexity index is 845. The van der Waals surface area contributed by atoms with Gasteiger partial charge in [0.25, 0.3) is 0 Å². The van der Waals surface area contributed by atoms with E-state index in [1.165, 1.54) is 0 Å². The highest BCUT2D eigenvalue weighted by atomic mass is 16.6. The summed E-state index contributed by atoms with van der Waals surface area (Å²) in [5, 5.41) is 7.05. The normalized spacial score (nSPS) is 12.7. The molecule has 24 heavy (non-hydrogen) atoms. The lowest BCUT2D eigenvalue weighted by Gasteiger charge is -2.18. The first-order valence-electron chi connectivity index (χ1n) is 7.46. The van der Waals surface area contributed by atoms with Crippen molar-refractivity contribution in [3.8, 4) is 28.6 Å². The number of aromatic nitrogens is 2. The zero-order chi connectivity index (χ0) is 16.4. The summed E-state index contributed by atoms with van der Waals surface area (Å²) in [6.45, 7) is 1.10. The van der Waals surface area contributed by atoms with E-state index < -0.39 is 0 Å². The summed E-state index contributed by atoms with van der Waals surface area (Å²) in [4.78, 5) is 4.34. The van der Waals surface area contributed by atoms with Crippen molar-refractivity contribution in [1.82, 2.24) is 10.1 Å². The van der Waals surface area contributed by atoms with Crippen LogP contribution < -0.4 is 19.5 Å². The summed E-state index contributed by atoms with van der Waals surface area (Å²) >= 11 is 0. The summed E-state index contributed by atoms with van der Waals surface area (Å²) in [6, 6.07) is 13.3. The van der Waals surface area contributed by atoms with E-state index >= 15 is 0 Å². The third-order valence-electron chi connectivity index (χ3n) is 3.57. The quantitative estimate of drug-likeness (QED) is 0.788. The SMILES string of the molecule is COc1ccc(-c2noc(Nc3ccc4c(c3)OCCO4)n2)cc1. The number of hydrogen-bond donors (Lipinski definition) is 1. The van der Waals surface area contributed by atoms with Crippen molar-refractivity contribution < 1.29 is 18.7 Å². The lowest BCUT2D eigenvalue weighted by molar-refractivity contribution is 0.171. The molecule has 0 amide bonds. The van der Waals surface area contributed by atoms with Gasteiger partial charge in [-0.15, -0.1) is 0 Å². The molecule has 1 N–H and O–H groups in total. The minimum atomic E-state index is 0.303. The number of nitrogens with one attached hydrogen (secondary N) is 1. The minimum absolute atomic E-state index is 0.303. The molecule has 0 radical (unpaired) electrons. The number of rotatable bonds is 4. The standard InChI is InChI=1S/C17H15N3O4/c1-21-13-5-2-11(3-6-13)16-19-17(24-20-16)18-12-4-7-14-15(10-12)23-9-8-22-14/h2-7,10H,8-9H2,1H3,(H,18,19,20). The molecule has 0 unspecified atom stereocenters. The maximum absolute atomic E-state index is 5.55. The van der Waals surface area contributed by atoms with Crippen molar-refractivity contribution in [3.05, 3.63) is 42.5 Å². The molecule has 1 aliphatic rings. The summed E-state index contributed by atoms with van der Waals surface area (Å²) < 4.78 is 21.4. The third kappa shape index (κ3) is 2.83. The van der Waals surface area contributed by atoms with Crippen LogP contribution in [0.1, 0.15) is 0 Å². The first kappa shape index (κ1) is 14.4. The number of benzene rings is 2. The molecular formula is C17H15N3O4. The van der Waals surface area contributed by atoms with E-state index in [1.807, 2.05) is 42.5 Å². The largest absolute Gasteiger partial charge is 0.497 e. The van der Waals surface area contributed by atoms with Gasteiger partial charge >= 0.3 is 6.01 Å². The lowest BCUT2D eigenvalue weighted by Crippen LogP contribution is -2.15. The maximum atomic E-state index is 5.55. The van der Waals surface area contributed by atoms with Gasteiger partial charge in [-0.1, -0.05) is 5.16 Å². The molecule has 4 rings (SSSR count). The number of anilines is 2. The van der Waals surface area contributed by atoms with Crippen LogP contribution in [0.5, 0.6) is 17.2 Å². The zero-order valence-corrected chi connectivity index (χ0v) is 13.0. The number of nitrogens with zero attached hydrogens (tertiary/aromatic N) is 2. The number of methoxy groups -OCH3 is 1. The van der Waals surface area contributed by atoms with E-state index in [9.17, 15) is 0 Å². The monoisotopic (exact) mass is 325 g/mol. The topological polar surface area (TPSA) is 78.6 Å². The molecule has 1 aromatic heterocycles. The highest BCUT2D eigenvalue weighted by Gasteiger charge is 2.13. The van der Waals surface area contributed by atoms with E-state index in [4.69, 9.17) is 18.7 Å². The first-order valence-corrected chi connectivity index (χ1v) is 7.46. The van der Waals surface area contributed by atoms with Crippen LogP contribution in [0.15, 0.2) is 47.0 Å². The average Bonchev–Trinajstić information content (AvgIpc) is 3.10. The Morgan fingerprint density at radius 2 is 1.79 bits per heavy atom. The van der Waals surface area contributed by atoms with Gasteiger partial charge in [-0.05, 0) is 36.4 Å². The van der Waals surface area contributed by atoms with Crippen LogP contribution in [-0.2, 0) is 0 Å². The second kappa shape index (κ2) is 6.11. The van der Waals surface area contributed by atoms with Crippen LogP contribution in [0.25, 0.3) is 11.4 Å². The number of ether oxygens (including phenoxy) is 3. The molecule has 7 nitrogen and oxygen atoms in total. The van der Waals surface area contributed by atoms with Gasteiger partial charge in [0.1, 0.15) is 19.0 Å². The van der Waals surface area contributed by atoms with E-state index in [0.717, 1.165) is 22.7 Å².